The Balaban J connectivity index is 1.61. The van der Waals surface area contributed by atoms with Crippen molar-refractivity contribution in [2.75, 3.05) is 25.5 Å². The Bertz CT molecular complexity index is 710. The lowest BCUT2D eigenvalue weighted by Crippen LogP contribution is -2.41. The van der Waals surface area contributed by atoms with Crippen molar-refractivity contribution in [3.8, 4) is 5.75 Å². The number of imidazole rings is 1. The number of likely N-dealkylation sites (tertiary alicyclic amines) is 1. The molecule has 1 N–H and O–H groups in total. The van der Waals surface area contributed by atoms with Gasteiger partial charge in [0.15, 0.2) is 11.6 Å². The molecule has 2 aromatic rings. The van der Waals surface area contributed by atoms with Gasteiger partial charge in [-0.1, -0.05) is 0 Å². The number of carbonyl (C=O) groups is 1. The van der Waals surface area contributed by atoms with Crippen LogP contribution >= 0.6 is 0 Å². The van der Waals surface area contributed by atoms with Crippen LogP contribution < -0.4 is 10.1 Å². The van der Waals surface area contributed by atoms with Crippen LogP contribution in [-0.4, -0.2) is 40.7 Å². The molecule has 0 bridgehead atoms. The van der Waals surface area contributed by atoms with Gasteiger partial charge < -0.3 is 19.5 Å². The third kappa shape index (κ3) is 3.34. The molecular formula is C17H21FN4O2. The highest BCUT2D eigenvalue weighted by molar-refractivity contribution is 5.90. The van der Waals surface area contributed by atoms with Gasteiger partial charge in [-0.05, 0) is 31.4 Å². The molecule has 1 fully saturated rings. The number of halogens is 1. The van der Waals surface area contributed by atoms with Crippen molar-refractivity contribution in [2.45, 2.75) is 25.8 Å². The molecule has 0 radical (unpaired) electrons. The molecule has 128 valence electrons. The van der Waals surface area contributed by atoms with Crippen molar-refractivity contribution in [1.82, 2.24) is 14.5 Å². The number of aryl methyl sites for hydroxylation is 1. The number of nitrogens with one attached hydrogen (secondary N) is 1. The molecule has 0 spiro atoms. The number of anilines is 1. The zero-order valence-electron chi connectivity index (χ0n) is 13.8. The fourth-order valence-electron chi connectivity index (χ4n) is 2.99. The maximum atomic E-state index is 13.8. The minimum Gasteiger partial charge on any atom is -0.494 e. The summed E-state index contributed by atoms with van der Waals surface area (Å²) in [6.07, 6.45) is 7.27. The quantitative estimate of drug-likeness (QED) is 0.939. The molecule has 1 aliphatic heterocycles. The summed E-state index contributed by atoms with van der Waals surface area (Å²) < 4.78 is 20.9. The van der Waals surface area contributed by atoms with Crippen molar-refractivity contribution >= 4 is 11.7 Å². The number of piperidine rings is 1. The van der Waals surface area contributed by atoms with Gasteiger partial charge in [0.2, 0.25) is 0 Å². The van der Waals surface area contributed by atoms with E-state index in [4.69, 9.17) is 4.74 Å². The van der Waals surface area contributed by atoms with E-state index in [-0.39, 0.29) is 11.8 Å². The molecule has 1 aromatic carbocycles. The number of hydrogen-bond donors (Lipinski definition) is 1. The van der Waals surface area contributed by atoms with E-state index >= 15 is 0 Å². The summed E-state index contributed by atoms with van der Waals surface area (Å²) in [7, 11) is 1.42. The van der Waals surface area contributed by atoms with Crippen molar-refractivity contribution < 1.29 is 13.9 Å². The molecule has 1 aromatic heterocycles. The van der Waals surface area contributed by atoms with Gasteiger partial charge >= 0.3 is 6.03 Å². The summed E-state index contributed by atoms with van der Waals surface area (Å²) in [5.74, 6) is -0.316. The van der Waals surface area contributed by atoms with Crippen LogP contribution in [0.2, 0.25) is 0 Å². The van der Waals surface area contributed by atoms with Crippen LogP contribution in [0, 0.1) is 12.7 Å². The van der Waals surface area contributed by atoms with Gasteiger partial charge in [-0.2, -0.15) is 0 Å². The molecule has 3 rings (SSSR count). The number of aromatic nitrogens is 2. The maximum absolute atomic E-state index is 13.8. The lowest BCUT2D eigenvalue weighted by molar-refractivity contribution is 0.183. The molecule has 0 saturated carbocycles. The average molecular weight is 332 g/mol. The number of rotatable bonds is 3. The minimum atomic E-state index is -0.489. The summed E-state index contributed by atoms with van der Waals surface area (Å²) in [6, 6.07) is 3.05. The van der Waals surface area contributed by atoms with E-state index in [1.807, 2.05) is 19.4 Å². The van der Waals surface area contributed by atoms with Crippen LogP contribution in [0.4, 0.5) is 14.9 Å². The molecular weight excluding hydrogens is 311 g/mol. The van der Waals surface area contributed by atoms with Crippen molar-refractivity contribution in [3.05, 3.63) is 42.2 Å². The van der Waals surface area contributed by atoms with Crippen LogP contribution in [-0.2, 0) is 0 Å². The lowest BCUT2D eigenvalue weighted by atomic mass is 10.1. The van der Waals surface area contributed by atoms with Crippen LogP contribution in [0.25, 0.3) is 0 Å². The molecule has 1 saturated heterocycles. The van der Waals surface area contributed by atoms with Crippen LogP contribution in [0.3, 0.4) is 0 Å². The Kier molecular flexibility index (Phi) is 4.69. The maximum Gasteiger partial charge on any atom is 0.321 e. The Morgan fingerprint density at radius 1 is 1.38 bits per heavy atom. The molecule has 6 nitrogen and oxygen atoms in total. The van der Waals surface area contributed by atoms with Crippen LogP contribution in [0.5, 0.6) is 5.75 Å². The molecule has 0 aliphatic carbocycles. The largest absolute Gasteiger partial charge is 0.494 e. The molecule has 0 atom stereocenters. The topological polar surface area (TPSA) is 59.4 Å². The number of methoxy groups -OCH3 is 1. The average Bonchev–Trinajstić information content (AvgIpc) is 3.12. The third-order valence-corrected chi connectivity index (χ3v) is 4.44. The van der Waals surface area contributed by atoms with E-state index in [0.29, 0.717) is 24.8 Å². The van der Waals surface area contributed by atoms with Gasteiger partial charge in [-0.15, -0.1) is 0 Å². The SMILES string of the molecule is COc1cc(C)c(NC(=O)N2CCC(n3ccnc3)CC2)cc1F. The van der Waals surface area contributed by atoms with Gasteiger partial charge in [-0.3, -0.25) is 0 Å². The predicted octanol–water partition coefficient (Wildman–Crippen LogP) is 3.21. The van der Waals surface area contributed by atoms with Crippen molar-refractivity contribution in [2.24, 2.45) is 0 Å². The summed E-state index contributed by atoms with van der Waals surface area (Å²) in [4.78, 5) is 18.2. The summed E-state index contributed by atoms with van der Waals surface area (Å²) >= 11 is 0. The Morgan fingerprint density at radius 3 is 2.75 bits per heavy atom. The fourth-order valence-corrected chi connectivity index (χ4v) is 2.99. The van der Waals surface area contributed by atoms with E-state index in [1.54, 1.807) is 17.2 Å². The van der Waals surface area contributed by atoms with E-state index < -0.39 is 5.82 Å². The second-order valence-corrected chi connectivity index (χ2v) is 5.96. The van der Waals surface area contributed by atoms with E-state index in [9.17, 15) is 9.18 Å². The fraction of sp³-hybridized carbons (Fsp3) is 0.412. The van der Waals surface area contributed by atoms with E-state index in [0.717, 1.165) is 18.4 Å². The molecule has 0 unspecified atom stereocenters. The summed E-state index contributed by atoms with van der Waals surface area (Å²) in [5, 5.41) is 2.79. The highest BCUT2D eigenvalue weighted by Gasteiger charge is 2.24. The lowest BCUT2D eigenvalue weighted by Gasteiger charge is -2.32. The Morgan fingerprint density at radius 2 is 2.12 bits per heavy atom. The van der Waals surface area contributed by atoms with E-state index in [2.05, 4.69) is 14.9 Å². The first-order valence-corrected chi connectivity index (χ1v) is 7.96. The molecule has 1 aliphatic rings. The number of hydrogen-bond acceptors (Lipinski definition) is 3. The van der Waals surface area contributed by atoms with Gasteiger partial charge in [0.25, 0.3) is 0 Å². The highest BCUT2D eigenvalue weighted by Crippen LogP contribution is 2.26. The van der Waals surface area contributed by atoms with Gasteiger partial charge in [0.1, 0.15) is 0 Å². The number of urea groups is 1. The minimum absolute atomic E-state index is 0.173. The summed E-state index contributed by atoms with van der Waals surface area (Å²) in [6.45, 7) is 3.13. The Labute approximate surface area is 140 Å². The normalized spacial score (nSPS) is 15.4. The molecule has 24 heavy (non-hydrogen) atoms. The van der Waals surface area contributed by atoms with Gasteiger partial charge in [0, 0.05) is 43.3 Å². The number of carbonyl (C=O) groups excluding carboxylic acids is 1. The third-order valence-electron chi connectivity index (χ3n) is 4.44. The summed E-state index contributed by atoms with van der Waals surface area (Å²) in [5.41, 5.74) is 1.23. The first-order valence-electron chi connectivity index (χ1n) is 7.96. The first kappa shape index (κ1) is 16.3. The number of amides is 2. The van der Waals surface area contributed by atoms with Gasteiger partial charge in [-0.25, -0.2) is 14.2 Å². The van der Waals surface area contributed by atoms with Crippen LogP contribution in [0.1, 0.15) is 24.4 Å². The smallest absolute Gasteiger partial charge is 0.321 e. The zero-order valence-corrected chi connectivity index (χ0v) is 13.8. The number of benzene rings is 1. The monoisotopic (exact) mass is 332 g/mol. The Hall–Kier alpha value is -2.57. The number of ether oxygens (including phenoxy) is 1. The first-order chi connectivity index (χ1) is 11.6. The second-order valence-electron chi connectivity index (χ2n) is 5.96. The predicted molar refractivity (Wildman–Crippen MR) is 88.8 cm³/mol. The van der Waals surface area contributed by atoms with Crippen LogP contribution in [0.15, 0.2) is 30.9 Å². The highest BCUT2D eigenvalue weighted by atomic mass is 19.1. The number of nitrogens with zero attached hydrogens (tertiary/aromatic N) is 3. The second kappa shape index (κ2) is 6.90. The molecule has 2 heterocycles. The van der Waals surface area contributed by atoms with Crippen molar-refractivity contribution in [3.63, 3.8) is 0 Å². The zero-order chi connectivity index (χ0) is 17.1. The molecule has 7 heteroatoms. The standard InChI is InChI=1S/C17H21FN4O2/c1-12-9-16(24-2)14(18)10-15(12)20-17(23)21-6-3-13(4-7-21)22-8-5-19-11-22/h5,8-11,13H,3-4,6-7H2,1-2H3,(H,20,23). The van der Waals surface area contributed by atoms with Gasteiger partial charge in [0.05, 0.1) is 13.4 Å². The molecule has 2 amide bonds. The van der Waals surface area contributed by atoms with E-state index in [1.165, 1.54) is 13.2 Å². The van der Waals surface area contributed by atoms with Crippen molar-refractivity contribution in [1.29, 1.82) is 0 Å².